The Morgan fingerprint density at radius 1 is 1.04 bits per heavy atom. The van der Waals surface area contributed by atoms with E-state index in [1.54, 1.807) is 13.0 Å². The Morgan fingerprint density at radius 3 is 2.61 bits per heavy atom. The van der Waals surface area contributed by atoms with Gasteiger partial charge >= 0.3 is 0 Å². The smallest absolute Gasteiger partial charge is 0.228 e. The zero-order chi connectivity index (χ0) is 16.2. The maximum absolute atomic E-state index is 12.3. The number of rotatable bonds is 4. The number of carbonyl (C=O) groups excluding carboxylic acids is 1. The lowest BCUT2D eigenvalue weighted by molar-refractivity contribution is -0.115. The van der Waals surface area contributed by atoms with E-state index in [1.807, 2.05) is 60.7 Å². The number of benzene rings is 3. The van der Waals surface area contributed by atoms with Gasteiger partial charge in [-0.1, -0.05) is 54.6 Å². The molecule has 3 nitrogen and oxygen atoms in total. The topological polar surface area (TPSA) is 49.3 Å². The summed E-state index contributed by atoms with van der Waals surface area (Å²) < 4.78 is 0. The van der Waals surface area contributed by atoms with Crippen LogP contribution in [0.15, 0.2) is 66.7 Å². The highest BCUT2D eigenvalue weighted by molar-refractivity contribution is 5.96. The summed E-state index contributed by atoms with van der Waals surface area (Å²) in [5.41, 5.74) is 2.49. The van der Waals surface area contributed by atoms with Crippen LogP contribution in [-0.2, 0) is 11.2 Å². The molecule has 0 radical (unpaired) electrons. The number of carbonyl (C=O) groups is 1. The van der Waals surface area contributed by atoms with E-state index in [9.17, 15) is 9.90 Å². The van der Waals surface area contributed by atoms with Crippen molar-refractivity contribution in [2.75, 3.05) is 5.32 Å². The highest BCUT2D eigenvalue weighted by Crippen LogP contribution is 2.20. The van der Waals surface area contributed by atoms with Gasteiger partial charge in [-0.15, -0.1) is 0 Å². The van der Waals surface area contributed by atoms with E-state index in [4.69, 9.17) is 0 Å². The second-order valence-corrected chi connectivity index (χ2v) is 5.66. The van der Waals surface area contributed by atoms with Crippen molar-refractivity contribution in [1.82, 2.24) is 0 Å². The van der Waals surface area contributed by atoms with Crippen molar-refractivity contribution in [2.24, 2.45) is 0 Å². The fraction of sp³-hybridized carbons (Fsp3) is 0.150. The van der Waals surface area contributed by atoms with E-state index in [2.05, 4.69) is 5.32 Å². The summed E-state index contributed by atoms with van der Waals surface area (Å²) in [6.07, 6.45) is -0.231. The largest absolute Gasteiger partial charge is 0.389 e. The summed E-state index contributed by atoms with van der Waals surface area (Å²) in [7, 11) is 0. The molecule has 0 saturated heterocycles. The van der Waals surface area contributed by atoms with E-state index in [0.717, 1.165) is 21.9 Å². The number of aliphatic hydroxyl groups excluding tert-OH is 1. The Hall–Kier alpha value is -2.65. The molecule has 0 fully saturated rings. The Labute approximate surface area is 135 Å². The molecule has 1 amide bonds. The second-order valence-electron chi connectivity index (χ2n) is 5.66. The molecule has 0 unspecified atom stereocenters. The van der Waals surface area contributed by atoms with Crippen LogP contribution in [0.4, 0.5) is 5.69 Å². The second kappa shape index (κ2) is 6.63. The van der Waals surface area contributed by atoms with Gasteiger partial charge in [0.2, 0.25) is 5.91 Å². The van der Waals surface area contributed by atoms with Gasteiger partial charge in [-0.05, 0) is 41.0 Å². The molecule has 23 heavy (non-hydrogen) atoms. The maximum Gasteiger partial charge on any atom is 0.228 e. The molecule has 0 saturated carbocycles. The van der Waals surface area contributed by atoms with Crippen LogP contribution >= 0.6 is 0 Å². The molecule has 3 rings (SSSR count). The standard InChI is InChI=1S/C20H19NO2/c1-14(22)16-8-5-10-18(12-16)21-20(23)13-17-9-4-7-15-6-2-3-11-19(15)17/h2-12,14,22H,13H2,1H3,(H,21,23)/t14-/m0/s1. The molecule has 1 atom stereocenters. The van der Waals surface area contributed by atoms with Gasteiger partial charge in [0.1, 0.15) is 0 Å². The number of amides is 1. The lowest BCUT2D eigenvalue weighted by Gasteiger charge is -2.10. The summed E-state index contributed by atoms with van der Waals surface area (Å²) in [6, 6.07) is 21.3. The van der Waals surface area contributed by atoms with Crippen molar-refractivity contribution in [3.63, 3.8) is 0 Å². The van der Waals surface area contributed by atoms with Crippen LogP contribution < -0.4 is 5.32 Å². The zero-order valence-corrected chi connectivity index (χ0v) is 13.0. The summed E-state index contributed by atoms with van der Waals surface area (Å²) in [5.74, 6) is -0.0657. The van der Waals surface area contributed by atoms with Crippen LogP contribution in [0.1, 0.15) is 24.2 Å². The van der Waals surface area contributed by atoms with Gasteiger partial charge in [0, 0.05) is 5.69 Å². The minimum Gasteiger partial charge on any atom is -0.389 e. The van der Waals surface area contributed by atoms with Crippen molar-refractivity contribution in [1.29, 1.82) is 0 Å². The number of hydrogen-bond donors (Lipinski definition) is 2. The first-order valence-electron chi connectivity index (χ1n) is 7.68. The molecule has 0 spiro atoms. The molecule has 0 aliphatic heterocycles. The quantitative estimate of drug-likeness (QED) is 0.763. The van der Waals surface area contributed by atoms with Gasteiger partial charge in [-0.25, -0.2) is 0 Å². The molecule has 0 bridgehead atoms. The highest BCUT2D eigenvalue weighted by atomic mass is 16.3. The first kappa shape index (κ1) is 15.3. The lowest BCUT2D eigenvalue weighted by Crippen LogP contribution is -2.14. The Bertz CT molecular complexity index is 834. The van der Waals surface area contributed by atoms with Gasteiger partial charge in [-0.3, -0.25) is 4.79 Å². The van der Waals surface area contributed by atoms with Crippen LogP contribution in [0, 0.1) is 0 Å². The molecule has 3 heteroatoms. The molecule has 0 heterocycles. The molecular weight excluding hydrogens is 286 g/mol. The Kier molecular flexibility index (Phi) is 4.40. The van der Waals surface area contributed by atoms with Crippen molar-refractivity contribution in [3.05, 3.63) is 77.9 Å². The van der Waals surface area contributed by atoms with Gasteiger partial charge in [0.25, 0.3) is 0 Å². The van der Waals surface area contributed by atoms with Crippen molar-refractivity contribution in [2.45, 2.75) is 19.4 Å². The predicted molar refractivity (Wildman–Crippen MR) is 93.4 cm³/mol. The van der Waals surface area contributed by atoms with Crippen LogP contribution in [0.5, 0.6) is 0 Å². The predicted octanol–water partition coefficient (Wildman–Crippen LogP) is 4.07. The highest BCUT2D eigenvalue weighted by Gasteiger charge is 2.08. The molecular formula is C20H19NO2. The van der Waals surface area contributed by atoms with Crippen molar-refractivity contribution in [3.8, 4) is 0 Å². The van der Waals surface area contributed by atoms with E-state index in [1.165, 1.54) is 0 Å². The van der Waals surface area contributed by atoms with Crippen LogP contribution in [0.3, 0.4) is 0 Å². The van der Waals surface area contributed by atoms with E-state index in [-0.39, 0.29) is 5.91 Å². The average Bonchev–Trinajstić information content (AvgIpc) is 2.55. The summed E-state index contributed by atoms with van der Waals surface area (Å²) >= 11 is 0. The molecule has 0 aliphatic rings. The fourth-order valence-electron chi connectivity index (χ4n) is 2.70. The minimum absolute atomic E-state index is 0.0657. The Morgan fingerprint density at radius 2 is 1.78 bits per heavy atom. The van der Waals surface area contributed by atoms with Crippen LogP contribution in [0.25, 0.3) is 10.8 Å². The molecule has 0 aromatic heterocycles. The molecule has 116 valence electrons. The minimum atomic E-state index is -0.551. The number of anilines is 1. The summed E-state index contributed by atoms with van der Waals surface area (Å²) in [4.78, 5) is 12.3. The summed E-state index contributed by atoms with van der Waals surface area (Å²) in [5, 5.41) is 14.8. The molecule has 2 N–H and O–H groups in total. The van der Waals surface area contributed by atoms with Gasteiger partial charge in [0.15, 0.2) is 0 Å². The zero-order valence-electron chi connectivity index (χ0n) is 13.0. The normalized spacial score (nSPS) is 12.1. The van der Waals surface area contributed by atoms with Crippen LogP contribution in [-0.4, -0.2) is 11.0 Å². The fourth-order valence-corrected chi connectivity index (χ4v) is 2.70. The SMILES string of the molecule is C[C@H](O)c1cccc(NC(=O)Cc2cccc3ccccc23)c1. The average molecular weight is 305 g/mol. The number of fused-ring (bicyclic) bond motifs is 1. The van der Waals surface area contributed by atoms with Gasteiger partial charge in [-0.2, -0.15) is 0 Å². The summed E-state index contributed by atoms with van der Waals surface area (Å²) in [6.45, 7) is 1.71. The third kappa shape index (κ3) is 3.58. The third-order valence-corrected chi connectivity index (χ3v) is 3.88. The molecule has 3 aromatic rings. The first-order chi connectivity index (χ1) is 11.1. The van der Waals surface area contributed by atoms with Gasteiger partial charge in [0.05, 0.1) is 12.5 Å². The van der Waals surface area contributed by atoms with E-state index < -0.39 is 6.10 Å². The first-order valence-corrected chi connectivity index (χ1v) is 7.68. The maximum atomic E-state index is 12.3. The lowest BCUT2D eigenvalue weighted by atomic mass is 10.0. The van der Waals surface area contributed by atoms with Crippen molar-refractivity contribution >= 4 is 22.4 Å². The number of nitrogens with one attached hydrogen (secondary N) is 1. The number of hydrogen-bond acceptors (Lipinski definition) is 2. The van der Waals surface area contributed by atoms with Crippen molar-refractivity contribution < 1.29 is 9.90 Å². The molecule has 3 aromatic carbocycles. The van der Waals surface area contributed by atoms with Gasteiger partial charge < -0.3 is 10.4 Å². The van der Waals surface area contributed by atoms with E-state index >= 15 is 0 Å². The monoisotopic (exact) mass is 305 g/mol. The third-order valence-electron chi connectivity index (χ3n) is 3.88. The Balaban J connectivity index is 1.78. The number of aliphatic hydroxyl groups is 1. The molecule has 0 aliphatic carbocycles. The van der Waals surface area contributed by atoms with Crippen LogP contribution in [0.2, 0.25) is 0 Å². The van der Waals surface area contributed by atoms with E-state index in [0.29, 0.717) is 12.1 Å².